The molecule has 0 aliphatic heterocycles. The molecule has 0 saturated heterocycles. The van der Waals surface area contributed by atoms with Gasteiger partial charge in [0.1, 0.15) is 11.5 Å². The Kier molecular flexibility index (Phi) is 4.08. The molecule has 0 saturated carbocycles. The van der Waals surface area contributed by atoms with Crippen molar-refractivity contribution in [1.29, 1.82) is 0 Å². The lowest BCUT2D eigenvalue weighted by Gasteiger charge is -2.17. The number of nitrogens with zero attached hydrogens (tertiary/aromatic N) is 2. The van der Waals surface area contributed by atoms with Gasteiger partial charge in [-0.15, -0.1) is 5.10 Å². The second-order valence-electron chi connectivity index (χ2n) is 3.54. The molecule has 0 spiro atoms. The molecule has 1 aromatic heterocycles. The van der Waals surface area contributed by atoms with Crippen molar-refractivity contribution in [2.45, 2.75) is 6.04 Å². The van der Waals surface area contributed by atoms with Gasteiger partial charge in [-0.25, -0.2) is 5.43 Å². The molecule has 1 atom stereocenters. The van der Waals surface area contributed by atoms with Gasteiger partial charge >= 0.3 is 0 Å². The Morgan fingerprint density at radius 3 is 2.72 bits per heavy atom. The lowest BCUT2D eigenvalue weighted by Crippen LogP contribution is -2.29. The van der Waals surface area contributed by atoms with Gasteiger partial charge in [0.25, 0.3) is 0 Å². The number of nitrogens with two attached hydrogens (primary N) is 1. The van der Waals surface area contributed by atoms with Crippen LogP contribution in [0.2, 0.25) is 0 Å². The normalized spacial score (nSPS) is 12.2. The zero-order valence-corrected chi connectivity index (χ0v) is 10.9. The van der Waals surface area contributed by atoms with Crippen LogP contribution in [0, 0.1) is 0 Å². The summed E-state index contributed by atoms with van der Waals surface area (Å²) in [6.07, 6.45) is 0. The largest absolute Gasteiger partial charge is 0.497 e. The van der Waals surface area contributed by atoms with E-state index in [9.17, 15) is 0 Å². The highest BCUT2D eigenvalue weighted by atomic mass is 32.1. The van der Waals surface area contributed by atoms with Gasteiger partial charge in [0, 0.05) is 10.9 Å². The number of methoxy groups -OCH3 is 2. The number of hydrogen-bond acceptors (Lipinski definition) is 7. The van der Waals surface area contributed by atoms with Crippen molar-refractivity contribution < 1.29 is 9.47 Å². The molecule has 0 amide bonds. The van der Waals surface area contributed by atoms with E-state index in [0.29, 0.717) is 5.75 Å². The molecule has 1 heterocycles. The minimum absolute atomic E-state index is 0.284. The fourth-order valence-electron chi connectivity index (χ4n) is 1.70. The third-order valence-electron chi connectivity index (χ3n) is 2.59. The lowest BCUT2D eigenvalue weighted by atomic mass is 10.0. The Hall–Kier alpha value is -1.70. The number of hydrogen-bond donors (Lipinski definition) is 2. The quantitative estimate of drug-likeness (QED) is 0.623. The van der Waals surface area contributed by atoms with Gasteiger partial charge in [0.05, 0.1) is 26.0 Å². The van der Waals surface area contributed by atoms with E-state index < -0.39 is 0 Å². The van der Waals surface area contributed by atoms with E-state index in [1.807, 2.05) is 23.6 Å². The average Bonchev–Trinajstić information content (AvgIpc) is 2.93. The van der Waals surface area contributed by atoms with Crippen molar-refractivity contribution in [3.63, 3.8) is 0 Å². The molecule has 1 aromatic carbocycles. The highest BCUT2D eigenvalue weighted by Gasteiger charge is 2.20. The van der Waals surface area contributed by atoms with Crippen molar-refractivity contribution in [3.05, 3.63) is 34.8 Å². The molecule has 3 N–H and O–H groups in total. The van der Waals surface area contributed by atoms with Crippen LogP contribution in [0.1, 0.15) is 17.3 Å². The first kappa shape index (κ1) is 12.7. The Balaban J connectivity index is 2.46. The monoisotopic (exact) mass is 266 g/mol. The number of benzene rings is 1. The van der Waals surface area contributed by atoms with Gasteiger partial charge in [-0.2, -0.15) is 0 Å². The van der Waals surface area contributed by atoms with Crippen LogP contribution < -0.4 is 20.7 Å². The third-order valence-corrected chi connectivity index (χ3v) is 3.11. The maximum absolute atomic E-state index is 5.60. The summed E-state index contributed by atoms with van der Waals surface area (Å²) in [6, 6.07) is 5.24. The molecule has 1 unspecified atom stereocenters. The summed E-state index contributed by atoms with van der Waals surface area (Å²) in [5.74, 6) is 7.05. The number of nitrogens with one attached hydrogen (secondary N) is 1. The molecule has 6 nitrogen and oxygen atoms in total. The van der Waals surface area contributed by atoms with E-state index >= 15 is 0 Å². The van der Waals surface area contributed by atoms with E-state index in [1.165, 1.54) is 11.5 Å². The number of aromatic nitrogens is 2. The van der Waals surface area contributed by atoms with Crippen LogP contribution in [0.5, 0.6) is 11.5 Å². The first-order valence-corrected chi connectivity index (χ1v) is 6.08. The standard InChI is InChI=1S/C11H14N4O2S/c1-16-7-3-4-10(17-2)8(5-7)11(13-12)9-6-18-15-14-9/h3-6,11,13H,12H2,1-2H3. The predicted octanol–water partition coefficient (Wildman–Crippen LogP) is 1.11. The highest BCUT2D eigenvalue weighted by Crippen LogP contribution is 2.32. The fourth-order valence-corrected chi connectivity index (χ4v) is 2.18. The summed E-state index contributed by atoms with van der Waals surface area (Å²) in [6.45, 7) is 0. The van der Waals surface area contributed by atoms with Crippen molar-refractivity contribution in [2.75, 3.05) is 14.2 Å². The minimum atomic E-state index is -0.284. The average molecular weight is 266 g/mol. The number of rotatable bonds is 5. The summed E-state index contributed by atoms with van der Waals surface area (Å²) in [7, 11) is 3.22. The van der Waals surface area contributed by atoms with Crippen LogP contribution in [0.3, 0.4) is 0 Å². The minimum Gasteiger partial charge on any atom is -0.497 e. The second kappa shape index (κ2) is 5.76. The van der Waals surface area contributed by atoms with Crippen LogP contribution in [-0.2, 0) is 0 Å². The summed E-state index contributed by atoms with van der Waals surface area (Å²) in [5.41, 5.74) is 4.31. The lowest BCUT2D eigenvalue weighted by molar-refractivity contribution is 0.393. The molecular formula is C11H14N4O2S. The molecule has 18 heavy (non-hydrogen) atoms. The predicted molar refractivity (Wildman–Crippen MR) is 68.6 cm³/mol. The molecule has 2 rings (SSSR count). The van der Waals surface area contributed by atoms with Gasteiger partial charge in [-0.05, 0) is 29.7 Å². The highest BCUT2D eigenvalue weighted by molar-refractivity contribution is 7.03. The molecule has 0 fully saturated rings. The van der Waals surface area contributed by atoms with Crippen LogP contribution in [0.15, 0.2) is 23.6 Å². The van der Waals surface area contributed by atoms with Crippen molar-refractivity contribution in [1.82, 2.24) is 15.0 Å². The molecule has 0 bridgehead atoms. The maximum Gasteiger partial charge on any atom is 0.124 e. The topological polar surface area (TPSA) is 82.3 Å². The van der Waals surface area contributed by atoms with Crippen LogP contribution >= 0.6 is 11.5 Å². The first-order chi connectivity index (χ1) is 8.80. The molecule has 0 radical (unpaired) electrons. The number of hydrazine groups is 1. The van der Waals surface area contributed by atoms with E-state index in [2.05, 4.69) is 15.0 Å². The van der Waals surface area contributed by atoms with Crippen molar-refractivity contribution in [2.24, 2.45) is 5.84 Å². The van der Waals surface area contributed by atoms with E-state index in [-0.39, 0.29) is 6.04 Å². The van der Waals surface area contributed by atoms with Crippen molar-refractivity contribution in [3.8, 4) is 11.5 Å². The fraction of sp³-hybridized carbons (Fsp3) is 0.273. The Morgan fingerprint density at radius 1 is 1.33 bits per heavy atom. The van der Waals surface area contributed by atoms with Crippen LogP contribution in [0.25, 0.3) is 0 Å². The molecule has 0 aliphatic rings. The smallest absolute Gasteiger partial charge is 0.124 e. The zero-order chi connectivity index (χ0) is 13.0. The molecule has 96 valence electrons. The Bertz CT molecular complexity index is 504. The summed E-state index contributed by atoms with van der Waals surface area (Å²) < 4.78 is 14.4. The molecular weight excluding hydrogens is 252 g/mol. The second-order valence-corrected chi connectivity index (χ2v) is 4.15. The van der Waals surface area contributed by atoms with Gasteiger partial charge in [0.2, 0.25) is 0 Å². The maximum atomic E-state index is 5.60. The van der Waals surface area contributed by atoms with Crippen LogP contribution in [0.4, 0.5) is 0 Å². The van der Waals surface area contributed by atoms with Crippen LogP contribution in [-0.4, -0.2) is 23.8 Å². The van der Waals surface area contributed by atoms with Gasteiger partial charge in [-0.3, -0.25) is 5.84 Å². The summed E-state index contributed by atoms with van der Waals surface area (Å²) in [5, 5.41) is 5.86. The summed E-state index contributed by atoms with van der Waals surface area (Å²) in [4.78, 5) is 0. The first-order valence-electron chi connectivity index (χ1n) is 5.25. The van der Waals surface area contributed by atoms with Gasteiger partial charge < -0.3 is 9.47 Å². The van der Waals surface area contributed by atoms with Gasteiger partial charge in [-0.1, -0.05) is 4.49 Å². The number of ether oxygens (including phenoxy) is 2. The molecule has 2 aromatic rings. The third kappa shape index (κ3) is 2.42. The Morgan fingerprint density at radius 2 is 2.17 bits per heavy atom. The van der Waals surface area contributed by atoms with Crippen molar-refractivity contribution >= 4 is 11.5 Å². The zero-order valence-electron chi connectivity index (χ0n) is 10.1. The van der Waals surface area contributed by atoms with E-state index in [4.69, 9.17) is 15.3 Å². The summed E-state index contributed by atoms with van der Waals surface area (Å²) >= 11 is 1.27. The van der Waals surface area contributed by atoms with E-state index in [1.54, 1.807) is 14.2 Å². The van der Waals surface area contributed by atoms with E-state index in [0.717, 1.165) is 17.0 Å². The SMILES string of the molecule is COc1ccc(OC)c(C(NN)c2csnn2)c1. The Labute approximate surface area is 109 Å². The van der Waals surface area contributed by atoms with Gasteiger partial charge in [0.15, 0.2) is 0 Å². The molecule has 0 aliphatic carbocycles. The molecule has 7 heteroatoms.